The van der Waals surface area contributed by atoms with Gasteiger partial charge in [0.15, 0.2) is 0 Å². The molecular weight excluding hydrogens is 246 g/mol. The van der Waals surface area contributed by atoms with Crippen LogP contribution in [0, 0.1) is 12.8 Å². The van der Waals surface area contributed by atoms with Crippen molar-refractivity contribution in [2.45, 2.75) is 52.0 Å². The monoisotopic (exact) mass is 271 g/mol. The molecule has 1 aliphatic carbocycles. The third-order valence-electron chi connectivity index (χ3n) is 4.66. The molecule has 1 saturated carbocycles. The molecule has 2 nitrogen and oxygen atoms in total. The second-order valence-electron chi connectivity index (χ2n) is 6.10. The average Bonchev–Trinajstić information content (AvgIpc) is 2.80. The molecule has 0 atom stereocenters. The number of furan rings is 1. The van der Waals surface area contributed by atoms with Crippen molar-refractivity contribution >= 4 is 11.0 Å². The summed E-state index contributed by atoms with van der Waals surface area (Å²) < 4.78 is 5.81. The molecule has 1 heterocycles. The lowest BCUT2D eigenvalue weighted by Crippen LogP contribution is -2.19. The zero-order valence-electron chi connectivity index (χ0n) is 12.5. The second kappa shape index (κ2) is 6.45. The maximum atomic E-state index is 5.81. The van der Waals surface area contributed by atoms with Gasteiger partial charge in [0.05, 0.1) is 0 Å². The highest BCUT2D eigenvalue weighted by Crippen LogP contribution is 2.27. The summed E-state index contributed by atoms with van der Waals surface area (Å²) in [5.41, 5.74) is 2.33. The molecule has 1 aromatic heterocycles. The fraction of sp³-hybridized carbons (Fsp3) is 0.556. The van der Waals surface area contributed by atoms with Crippen molar-refractivity contribution in [1.82, 2.24) is 5.32 Å². The molecule has 0 unspecified atom stereocenters. The molecule has 1 aliphatic rings. The molecule has 20 heavy (non-hydrogen) atoms. The van der Waals surface area contributed by atoms with Gasteiger partial charge in [0.1, 0.15) is 11.3 Å². The van der Waals surface area contributed by atoms with E-state index in [0.29, 0.717) is 0 Å². The summed E-state index contributed by atoms with van der Waals surface area (Å²) in [6.07, 6.45) is 8.54. The van der Waals surface area contributed by atoms with E-state index in [9.17, 15) is 0 Å². The Morgan fingerprint density at radius 1 is 1.15 bits per heavy atom. The molecule has 1 N–H and O–H groups in total. The number of para-hydroxylation sites is 1. The lowest BCUT2D eigenvalue weighted by atomic mass is 9.87. The van der Waals surface area contributed by atoms with E-state index in [1.54, 1.807) is 0 Å². The van der Waals surface area contributed by atoms with Crippen LogP contribution in [0.15, 0.2) is 28.7 Å². The zero-order valence-corrected chi connectivity index (χ0v) is 12.5. The van der Waals surface area contributed by atoms with Crippen LogP contribution in [0.25, 0.3) is 11.0 Å². The number of fused-ring (bicyclic) bond motifs is 1. The predicted octanol–water partition coefficient (Wildman–Crippen LogP) is 4.80. The molecule has 0 spiro atoms. The maximum absolute atomic E-state index is 5.81. The van der Waals surface area contributed by atoms with E-state index >= 15 is 0 Å². The molecule has 0 aliphatic heterocycles. The fourth-order valence-electron chi connectivity index (χ4n) is 3.44. The van der Waals surface area contributed by atoms with Crippen LogP contribution in [0.5, 0.6) is 0 Å². The number of benzene rings is 1. The Balaban J connectivity index is 1.53. The molecule has 1 aromatic carbocycles. The molecule has 0 bridgehead atoms. The van der Waals surface area contributed by atoms with Gasteiger partial charge in [-0.25, -0.2) is 0 Å². The number of hydrogen-bond acceptors (Lipinski definition) is 2. The van der Waals surface area contributed by atoms with E-state index in [1.165, 1.54) is 49.5 Å². The van der Waals surface area contributed by atoms with E-state index in [0.717, 1.165) is 30.4 Å². The Kier molecular flexibility index (Phi) is 4.41. The molecule has 0 saturated heterocycles. The van der Waals surface area contributed by atoms with Crippen molar-refractivity contribution in [2.75, 3.05) is 6.54 Å². The highest BCUT2D eigenvalue weighted by Gasteiger charge is 2.13. The molecule has 2 aromatic rings. The van der Waals surface area contributed by atoms with Crippen LogP contribution in [0.1, 0.15) is 49.8 Å². The van der Waals surface area contributed by atoms with Gasteiger partial charge < -0.3 is 9.73 Å². The van der Waals surface area contributed by atoms with Crippen molar-refractivity contribution in [1.29, 1.82) is 0 Å². The van der Waals surface area contributed by atoms with Gasteiger partial charge in [-0.3, -0.25) is 0 Å². The first kappa shape index (κ1) is 13.7. The third kappa shape index (κ3) is 3.06. The predicted molar refractivity (Wildman–Crippen MR) is 83.8 cm³/mol. The van der Waals surface area contributed by atoms with Gasteiger partial charge in [0, 0.05) is 17.5 Å². The Morgan fingerprint density at radius 2 is 1.95 bits per heavy atom. The average molecular weight is 271 g/mol. The van der Waals surface area contributed by atoms with E-state index in [4.69, 9.17) is 4.42 Å². The fourth-order valence-corrected chi connectivity index (χ4v) is 3.44. The summed E-state index contributed by atoms with van der Waals surface area (Å²) in [5.74, 6) is 2.01. The number of rotatable bonds is 5. The lowest BCUT2D eigenvalue weighted by Gasteiger charge is -2.21. The van der Waals surface area contributed by atoms with Crippen LogP contribution in [0.4, 0.5) is 0 Å². The quantitative estimate of drug-likeness (QED) is 0.790. The topological polar surface area (TPSA) is 25.2 Å². The van der Waals surface area contributed by atoms with Crippen LogP contribution >= 0.6 is 0 Å². The summed E-state index contributed by atoms with van der Waals surface area (Å²) in [4.78, 5) is 0. The van der Waals surface area contributed by atoms with Gasteiger partial charge in [-0.15, -0.1) is 0 Å². The highest BCUT2D eigenvalue weighted by atomic mass is 16.3. The standard InChI is InChI=1S/C18H25NO/c1-14-17(16-9-5-6-10-18(16)20-14)13-19-12-11-15-7-3-2-4-8-15/h5-6,9-10,15,19H,2-4,7-8,11-13H2,1H3. The van der Waals surface area contributed by atoms with Crippen molar-refractivity contribution in [3.05, 3.63) is 35.6 Å². The van der Waals surface area contributed by atoms with Crippen molar-refractivity contribution in [3.63, 3.8) is 0 Å². The normalized spacial score (nSPS) is 16.9. The summed E-state index contributed by atoms with van der Waals surface area (Å²) in [6.45, 7) is 4.12. The number of nitrogens with one attached hydrogen (secondary N) is 1. The molecule has 108 valence electrons. The van der Waals surface area contributed by atoms with E-state index in [2.05, 4.69) is 24.4 Å². The Morgan fingerprint density at radius 3 is 2.80 bits per heavy atom. The van der Waals surface area contributed by atoms with Crippen molar-refractivity contribution in [2.24, 2.45) is 5.92 Å². The summed E-state index contributed by atoms with van der Waals surface area (Å²) in [6, 6.07) is 8.33. The van der Waals surface area contributed by atoms with Gasteiger partial charge in [0.25, 0.3) is 0 Å². The summed E-state index contributed by atoms with van der Waals surface area (Å²) in [5, 5.41) is 4.87. The maximum Gasteiger partial charge on any atom is 0.134 e. The summed E-state index contributed by atoms with van der Waals surface area (Å²) in [7, 11) is 0. The van der Waals surface area contributed by atoms with Crippen LogP contribution in [0.2, 0.25) is 0 Å². The molecule has 1 fully saturated rings. The van der Waals surface area contributed by atoms with Gasteiger partial charge in [-0.2, -0.15) is 0 Å². The van der Waals surface area contributed by atoms with Crippen LogP contribution < -0.4 is 5.32 Å². The van der Waals surface area contributed by atoms with Crippen LogP contribution in [-0.2, 0) is 6.54 Å². The Labute approximate surface area is 121 Å². The number of aryl methyl sites for hydroxylation is 1. The van der Waals surface area contributed by atoms with E-state index in [1.807, 2.05) is 12.1 Å². The van der Waals surface area contributed by atoms with Crippen molar-refractivity contribution < 1.29 is 4.42 Å². The highest BCUT2D eigenvalue weighted by molar-refractivity contribution is 5.82. The third-order valence-corrected chi connectivity index (χ3v) is 4.66. The SMILES string of the molecule is Cc1oc2ccccc2c1CNCCC1CCCCC1. The molecule has 3 rings (SSSR count). The first-order valence-corrected chi connectivity index (χ1v) is 8.02. The van der Waals surface area contributed by atoms with E-state index < -0.39 is 0 Å². The first-order valence-electron chi connectivity index (χ1n) is 8.02. The van der Waals surface area contributed by atoms with Crippen LogP contribution in [0.3, 0.4) is 0 Å². The van der Waals surface area contributed by atoms with Crippen LogP contribution in [-0.4, -0.2) is 6.54 Å². The smallest absolute Gasteiger partial charge is 0.134 e. The first-order chi connectivity index (χ1) is 9.84. The lowest BCUT2D eigenvalue weighted by molar-refractivity contribution is 0.334. The Hall–Kier alpha value is -1.28. The Bertz CT molecular complexity index is 552. The van der Waals surface area contributed by atoms with Gasteiger partial charge >= 0.3 is 0 Å². The number of hydrogen-bond donors (Lipinski definition) is 1. The molecule has 0 radical (unpaired) electrons. The molecular formula is C18H25NO. The molecule has 2 heteroatoms. The van der Waals surface area contributed by atoms with Crippen molar-refractivity contribution in [3.8, 4) is 0 Å². The molecule has 0 amide bonds. The van der Waals surface area contributed by atoms with E-state index in [-0.39, 0.29) is 0 Å². The van der Waals surface area contributed by atoms with Gasteiger partial charge in [0.2, 0.25) is 0 Å². The zero-order chi connectivity index (χ0) is 13.8. The minimum absolute atomic E-state index is 0.926. The minimum atomic E-state index is 0.926. The van der Waals surface area contributed by atoms with Gasteiger partial charge in [-0.1, -0.05) is 50.3 Å². The second-order valence-corrected chi connectivity index (χ2v) is 6.10. The largest absolute Gasteiger partial charge is 0.461 e. The van der Waals surface area contributed by atoms with Gasteiger partial charge in [-0.05, 0) is 31.9 Å². The summed E-state index contributed by atoms with van der Waals surface area (Å²) >= 11 is 0. The minimum Gasteiger partial charge on any atom is -0.461 e.